The number of rotatable bonds is 4. The second kappa shape index (κ2) is 5.71. The van der Waals surface area contributed by atoms with E-state index in [-0.39, 0.29) is 11.9 Å². The monoisotopic (exact) mass is 270 g/mol. The number of aryl methyl sites for hydroxylation is 2. The van der Waals surface area contributed by atoms with Gasteiger partial charge >= 0.3 is 0 Å². The Morgan fingerprint density at radius 1 is 1.15 bits per heavy atom. The normalized spacial score (nSPS) is 15.1. The zero-order valence-corrected chi connectivity index (χ0v) is 11.7. The Kier molecular flexibility index (Phi) is 3.79. The third-order valence-corrected chi connectivity index (χ3v) is 3.92. The van der Waals surface area contributed by atoms with Crippen LogP contribution < -0.4 is 5.32 Å². The summed E-state index contributed by atoms with van der Waals surface area (Å²) in [4.78, 5) is 3.97. The molecule has 104 valence electrons. The quantitative estimate of drug-likeness (QED) is 0.921. The Bertz CT molecular complexity index is 610. The fourth-order valence-electron chi connectivity index (χ4n) is 2.99. The molecule has 1 atom stereocenters. The lowest BCUT2D eigenvalue weighted by atomic mass is 9.96. The molecule has 1 aromatic heterocycles. The third kappa shape index (κ3) is 2.59. The van der Waals surface area contributed by atoms with E-state index in [4.69, 9.17) is 0 Å². The molecule has 1 aliphatic carbocycles. The minimum absolute atomic E-state index is 0.00843. The molecule has 1 aromatic carbocycles. The highest BCUT2D eigenvalue weighted by Gasteiger charge is 2.17. The van der Waals surface area contributed by atoms with E-state index in [0.29, 0.717) is 0 Å². The summed E-state index contributed by atoms with van der Waals surface area (Å²) in [6.45, 7) is 2.89. The molecular formula is C17H19FN2. The van der Waals surface area contributed by atoms with Crippen LogP contribution in [0.5, 0.6) is 0 Å². The van der Waals surface area contributed by atoms with E-state index in [9.17, 15) is 4.39 Å². The van der Waals surface area contributed by atoms with Crippen LogP contribution in [0.4, 0.5) is 4.39 Å². The molecular weight excluding hydrogens is 251 g/mol. The number of nitrogens with zero attached hydrogens (tertiary/aromatic N) is 1. The van der Waals surface area contributed by atoms with Gasteiger partial charge in [0, 0.05) is 6.20 Å². The Hall–Kier alpha value is -1.74. The lowest BCUT2D eigenvalue weighted by molar-refractivity contribution is 0.596. The zero-order valence-electron chi connectivity index (χ0n) is 11.7. The van der Waals surface area contributed by atoms with Crippen molar-refractivity contribution in [3.05, 3.63) is 64.7 Å². The predicted molar refractivity (Wildman–Crippen MR) is 78.2 cm³/mol. The van der Waals surface area contributed by atoms with Crippen LogP contribution in [0.25, 0.3) is 0 Å². The minimum Gasteiger partial charge on any atom is -0.306 e. The summed E-state index contributed by atoms with van der Waals surface area (Å²) in [5.41, 5.74) is 4.97. The van der Waals surface area contributed by atoms with Gasteiger partial charge in [-0.2, -0.15) is 0 Å². The van der Waals surface area contributed by atoms with E-state index in [1.54, 1.807) is 12.3 Å². The average Bonchev–Trinajstić information content (AvgIpc) is 2.92. The lowest BCUT2D eigenvalue weighted by Gasteiger charge is -2.19. The van der Waals surface area contributed by atoms with E-state index in [1.165, 1.54) is 35.7 Å². The Labute approximate surface area is 119 Å². The van der Waals surface area contributed by atoms with Gasteiger partial charge in [0.1, 0.15) is 5.82 Å². The summed E-state index contributed by atoms with van der Waals surface area (Å²) >= 11 is 0. The van der Waals surface area contributed by atoms with Crippen LogP contribution in [0.15, 0.2) is 36.7 Å². The highest BCUT2D eigenvalue weighted by Crippen LogP contribution is 2.28. The first-order valence-electron chi connectivity index (χ1n) is 7.23. The van der Waals surface area contributed by atoms with Crippen molar-refractivity contribution in [1.29, 1.82) is 0 Å². The number of pyridine rings is 1. The van der Waals surface area contributed by atoms with Gasteiger partial charge in [0.2, 0.25) is 0 Å². The minimum atomic E-state index is -0.286. The number of benzene rings is 1. The second-order valence-electron chi connectivity index (χ2n) is 5.31. The van der Waals surface area contributed by atoms with Crippen LogP contribution in [0, 0.1) is 5.82 Å². The molecule has 0 amide bonds. The number of hydrogen-bond acceptors (Lipinski definition) is 2. The molecule has 2 aromatic rings. The molecule has 0 saturated heterocycles. The fraction of sp³-hybridized carbons (Fsp3) is 0.353. The summed E-state index contributed by atoms with van der Waals surface area (Å²) in [5.74, 6) is -0.286. The molecule has 1 unspecified atom stereocenters. The highest BCUT2D eigenvalue weighted by molar-refractivity contribution is 5.39. The van der Waals surface area contributed by atoms with Crippen LogP contribution in [-0.4, -0.2) is 11.5 Å². The van der Waals surface area contributed by atoms with Crippen LogP contribution in [0.2, 0.25) is 0 Å². The van der Waals surface area contributed by atoms with Gasteiger partial charge in [0.25, 0.3) is 0 Å². The molecule has 0 saturated carbocycles. The van der Waals surface area contributed by atoms with E-state index in [0.717, 1.165) is 18.5 Å². The van der Waals surface area contributed by atoms with Crippen LogP contribution in [0.3, 0.4) is 0 Å². The highest BCUT2D eigenvalue weighted by atomic mass is 19.1. The molecule has 1 aliphatic rings. The van der Waals surface area contributed by atoms with Gasteiger partial charge in [-0.05, 0) is 54.1 Å². The maximum absolute atomic E-state index is 13.4. The van der Waals surface area contributed by atoms with Crippen molar-refractivity contribution in [2.75, 3.05) is 6.54 Å². The number of aromatic nitrogens is 1. The molecule has 0 bridgehead atoms. The molecule has 0 aliphatic heterocycles. The standard InChI is InChI=1S/C17H19FN2/c1-2-20-17(15-9-16(18)11-19-10-15)14-7-6-12-4-3-5-13(12)8-14/h6-11,17,20H,2-5H2,1H3. The molecule has 1 heterocycles. The maximum atomic E-state index is 13.4. The van der Waals surface area contributed by atoms with Crippen LogP contribution in [0.1, 0.15) is 41.6 Å². The smallest absolute Gasteiger partial charge is 0.141 e. The van der Waals surface area contributed by atoms with Gasteiger partial charge in [-0.3, -0.25) is 4.98 Å². The van der Waals surface area contributed by atoms with Gasteiger partial charge in [0.15, 0.2) is 0 Å². The summed E-state index contributed by atoms with van der Waals surface area (Å²) in [6.07, 6.45) is 6.57. The van der Waals surface area contributed by atoms with Crippen molar-refractivity contribution >= 4 is 0 Å². The van der Waals surface area contributed by atoms with E-state index in [1.807, 2.05) is 0 Å². The van der Waals surface area contributed by atoms with Gasteiger partial charge in [0.05, 0.1) is 12.2 Å². The summed E-state index contributed by atoms with van der Waals surface area (Å²) in [5, 5.41) is 3.43. The first kappa shape index (κ1) is 13.3. The SMILES string of the molecule is CCNC(c1cncc(F)c1)c1ccc2c(c1)CCC2. The number of fused-ring (bicyclic) bond motifs is 1. The van der Waals surface area contributed by atoms with E-state index < -0.39 is 0 Å². The largest absolute Gasteiger partial charge is 0.306 e. The van der Waals surface area contributed by atoms with E-state index >= 15 is 0 Å². The van der Waals surface area contributed by atoms with Crippen molar-refractivity contribution in [1.82, 2.24) is 10.3 Å². The number of hydrogen-bond donors (Lipinski definition) is 1. The van der Waals surface area contributed by atoms with Crippen molar-refractivity contribution in [2.24, 2.45) is 0 Å². The average molecular weight is 270 g/mol. The molecule has 3 rings (SSSR count). The lowest BCUT2D eigenvalue weighted by Crippen LogP contribution is -2.22. The van der Waals surface area contributed by atoms with Gasteiger partial charge in [-0.25, -0.2) is 4.39 Å². The van der Waals surface area contributed by atoms with E-state index in [2.05, 4.69) is 35.4 Å². The summed E-state index contributed by atoms with van der Waals surface area (Å²) < 4.78 is 13.4. The first-order valence-corrected chi connectivity index (χ1v) is 7.23. The van der Waals surface area contributed by atoms with Crippen molar-refractivity contribution in [3.8, 4) is 0 Å². The topological polar surface area (TPSA) is 24.9 Å². The number of halogens is 1. The molecule has 0 fully saturated rings. The fourth-order valence-corrected chi connectivity index (χ4v) is 2.99. The van der Waals surface area contributed by atoms with Crippen LogP contribution >= 0.6 is 0 Å². The molecule has 0 radical (unpaired) electrons. The zero-order chi connectivity index (χ0) is 13.9. The van der Waals surface area contributed by atoms with Gasteiger partial charge < -0.3 is 5.32 Å². The molecule has 1 N–H and O–H groups in total. The molecule has 0 spiro atoms. The maximum Gasteiger partial charge on any atom is 0.141 e. The number of nitrogens with one attached hydrogen (secondary N) is 1. The van der Waals surface area contributed by atoms with Crippen molar-refractivity contribution in [3.63, 3.8) is 0 Å². The molecule has 3 heteroatoms. The van der Waals surface area contributed by atoms with Crippen molar-refractivity contribution < 1.29 is 4.39 Å². The Morgan fingerprint density at radius 2 is 2.00 bits per heavy atom. The second-order valence-corrected chi connectivity index (χ2v) is 5.31. The van der Waals surface area contributed by atoms with Crippen LogP contribution in [-0.2, 0) is 12.8 Å². The van der Waals surface area contributed by atoms with Crippen molar-refractivity contribution in [2.45, 2.75) is 32.2 Å². The molecule has 20 heavy (non-hydrogen) atoms. The van der Waals surface area contributed by atoms with Gasteiger partial charge in [-0.1, -0.05) is 25.1 Å². The Morgan fingerprint density at radius 3 is 2.80 bits per heavy atom. The van der Waals surface area contributed by atoms with Gasteiger partial charge in [-0.15, -0.1) is 0 Å². The third-order valence-electron chi connectivity index (χ3n) is 3.92. The first-order chi connectivity index (χ1) is 9.78. The Balaban J connectivity index is 1.98. The summed E-state index contributed by atoms with van der Waals surface area (Å²) in [7, 11) is 0. The molecule has 2 nitrogen and oxygen atoms in total. The summed E-state index contributed by atoms with van der Waals surface area (Å²) in [6, 6.07) is 8.21. The predicted octanol–water partition coefficient (Wildman–Crippen LogP) is 3.41.